The number of hydrogen-bond acceptors (Lipinski definition) is 5. The molecule has 0 amide bonds. The molecule has 0 radical (unpaired) electrons. The Labute approximate surface area is 145 Å². The van der Waals surface area contributed by atoms with Crippen LogP contribution >= 0.6 is 0 Å². The van der Waals surface area contributed by atoms with Gasteiger partial charge in [-0.05, 0) is 43.9 Å². The Balaban J connectivity index is 2.11. The molecule has 0 spiro atoms. The molecule has 2 aromatic rings. The normalized spacial score (nSPS) is 10.7. The van der Waals surface area contributed by atoms with E-state index in [4.69, 9.17) is 4.98 Å². The fraction of sp³-hybridized carbons (Fsp3) is 0.526. The third kappa shape index (κ3) is 5.18. The summed E-state index contributed by atoms with van der Waals surface area (Å²) in [5.41, 5.74) is 2.31. The first-order chi connectivity index (χ1) is 11.6. The molecule has 0 N–H and O–H groups in total. The Hall–Kier alpha value is -2.17. The number of nitrogens with zero attached hydrogens (tertiary/aromatic N) is 5. The maximum absolute atomic E-state index is 4.81. The van der Waals surface area contributed by atoms with Gasteiger partial charge >= 0.3 is 0 Å². The molecule has 0 atom stereocenters. The van der Waals surface area contributed by atoms with Crippen molar-refractivity contribution >= 4 is 11.8 Å². The van der Waals surface area contributed by atoms with Gasteiger partial charge < -0.3 is 9.80 Å². The van der Waals surface area contributed by atoms with Crippen molar-refractivity contribution in [3.63, 3.8) is 0 Å². The summed E-state index contributed by atoms with van der Waals surface area (Å²) in [6, 6.07) is 6.19. The highest BCUT2D eigenvalue weighted by atomic mass is 15.3. The van der Waals surface area contributed by atoms with Gasteiger partial charge in [-0.15, -0.1) is 0 Å². The molecule has 2 aromatic heterocycles. The SMILES string of the molecule is CCCN(CCC)c1nc(C)cc(N(C)CCc2ccncc2)n1. The van der Waals surface area contributed by atoms with Crippen LogP contribution in [-0.4, -0.2) is 41.6 Å². The summed E-state index contributed by atoms with van der Waals surface area (Å²) in [5, 5.41) is 0. The molecule has 0 aliphatic carbocycles. The number of rotatable bonds is 9. The molecule has 24 heavy (non-hydrogen) atoms. The van der Waals surface area contributed by atoms with E-state index in [9.17, 15) is 0 Å². The summed E-state index contributed by atoms with van der Waals surface area (Å²) in [4.78, 5) is 18.0. The maximum Gasteiger partial charge on any atom is 0.227 e. The first-order valence-corrected chi connectivity index (χ1v) is 8.84. The summed E-state index contributed by atoms with van der Waals surface area (Å²) < 4.78 is 0. The second-order valence-electron chi connectivity index (χ2n) is 6.18. The summed E-state index contributed by atoms with van der Waals surface area (Å²) in [6.45, 7) is 9.35. The zero-order chi connectivity index (χ0) is 17.4. The number of likely N-dealkylation sites (N-methyl/N-ethyl adjacent to an activating group) is 1. The minimum absolute atomic E-state index is 0.851. The van der Waals surface area contributed by atoms with Gasteiger partial charge in [0.25, 0.3) is 0 Å². The lowest BCUT2D eigenvalue weighted by atomic mass is 10.2. The fourth-order valence-corrected chi connectivity index (χ4v) is 2.69. The van der Waals surface area contributed by atoms with E-state index >= 15 is 0 Å². The summed E-state index contributed by atoms with van der Waals surface area (Å²) in [6.07, 6.45) is 6.87. The first-order valence-electron chi connectivity index (χ1n) is 8.84. The predicted octanol–water partition coefficient (Wildman–Crippen LogP) is 3.49. The van der Waals surface area contributed by atoms with Crippen molar-refractivity contribution in [2.45, 2.75) is 40.0 Å². The highest BCUT2D eigenvalue weighted by Gasteiger charge is 2.12. The van der Waals surface area contributed by atoms with Crippen molar-refractivity contribution in [1.29, 1.82) is 0 Å². The lowest BCUT2D eigenvalue weighted by Crippen LogP contribution is -2.29. The van der Waals surface area contributed by atoms with Crippen LogP contribution in [-0.2, 0) is 6.42 Å². The summed E-state index contributed by atoms with van der Waals surface area (Å²) in [7, 11) is 2.09. The van der Waals surface area contributed by atoms with Gasteiger partial charge in [-0.2, -0.15) is 4.98 Å². The van der Waals surface area contributed by atoms with Crippen LogP contribution < -0.4 is 9.80 Å². The highest BCUT2D eigenvalue weighted by Crippen LogP contribution is 2.17. The van der Waals surface area contributed by atoms with Gasteiger partial charge in [0.1, 0.15) is 5.82 Å². The molecule has 0 aliphatic heterocycles. The van der Waals surface area contributed by atoms with E-state index in [0.717, 1.165) is 56.4 Å². The predicted molar refractivity (Wildman–Crippen MR) is 101 cm³/mol. The number of hydrogen-bond donors (Lipinski definition) is 0. The van der Waals surface area contributed by atoms with Crippen molar-refractivity contribution in [2.75, 3.05) is 36.5 Å². The van der Waals surface area contributed by atoms with Crippen molar-refractivity contribution in [3.8, 4) is 0 Å². The number of anilines is 2. The van der Waals surface area contributed by atoms with E-state index in [0.29, 0.717) is 0 Å². The van der Waals surface area contributed by atoms with Crippen LogP contribution in [0.1, 0.15) is 37.9 Å². The minimum Gasteiger partial charge on any atom is -0.359 e. The van der Waals surface area contributed by atoms with Crippen LogP contribution in [0.4, 0.5) is 11.8 Å². The molecule has 0 fully saturated rings. The van der Waals surface area contributed by atoms with Gasteiger partial charge in [-0.3, -0.25) is 4.98 Å². The van der Waals surface area contributed by atoms with Crippen molar-refractivity contribution in [2.24, 2.45) is 0 Å². The van der Waals surface area contributed by atoms with E-state index in [1.54, 1.807) is 0 Å². The lowest BCUT2D eigenvalue weighted by molar-refractivity contribution is 0.716. The first kappa shape index (κ1) is 18.2. The average molecular weight is 327 g/mol. The van der Waals surface area contributed by atoms with Gasteiger partial charge in [0, 0.05) is 50.8 Å². The molecule has 0 unspecified atom stereocenters. The van der Waals surface area contributed by atoms with Gasteiger partial charge in [-0.25, -0.2) is 4.98 Å². The summed E-state index contributed by atoms with van der Waals surface area (Å²) >= 11 is 0. The molecule has 0 saturated heterocycles. The van der Waals surface area contributed by atoms with E-state index in [2.05, 4.69) is 58.9 Å². The topological polar surface area (TPSA) is 45.2 Å². The quantitative estimate of drug-likeness (QED) is 0.705. The smallest absolute Gasteiger partial charge is 0.227 e. The molecule has 2 rings (SSSR count). The van der Waals surface area contributed by atoms with E-state index in [1.807, 2.05) is 19.3 Å². The van der Waals surface area contributed by atoms with Crippen molar-refractivity contribution in [1.82, 2.24) is 15.0 Å². The van der Waals surface area contributed by atoms with Crippen LogP contribution in [0, 0.1) is 6.92 Å². The third-order valence-electron chi connectivity index (χ3n) is 3.98. The van der Waals surface area contributed by atoms with Crippen LogP contribution in [0.3, 0.4) is 0 Å². The van der Waals surface area contributed by atoms with Gasteiger partial charge in [-0.1, -0.05) is 13.8 Å². The lowest BCUT2D eigenvalue weighted by Gasteiger charge is -2.24. The average Bonchev–Trinajstić information content (AvgIpc) is 2.60. The Morgan fingerprint density at radius 2 is 1.62 bits per heavy atom. The molecule has 5 heteroatoms. The maximum atomic E-state index is 4.81. The van der Waals surface area contributed by atoms with Gasteiger partial charge in [0.2, 0.25) is 5.95 Å². The van der Waals surface area contributed by atoms with E-state index in [-0.39, 0.29) is 0 Å². The van der Waals surface area contributed by atoms with Crippen LogP contribution in [0.15, 0.2) is 30.6 Å². The molecule has 0 bridgehead atoms. The Bertz CT molecular complexity index is 608. The zero-order valence-electron chi connectivity index (χ0n) is 15.4. The van der Waals surface area contributed by atoms with E-state index in [1.165, 1.54) is 5.56 Å². The summed E-state index contributed by atoms with van der Waals surface area (Å²) in [5.74, 6) is 1.84. The minimum atomic E-state index is 0.851. The van der Waals surface area contributed by atoms with E-state index < -0.39 is 0 Å². The van der Waals surface area contributed by atoms with Gasteiger partial charge in [0.05, 0.1) is 0 Å². The van der Waals surface area contributed by atoms with Crippen LogP contribution in [0.5, 0.6) is 0 Å². The molecule has 0 aromatic carbocycles. The zero-order valence-corrected chi connectivity index (χ0v) is 15.4. The van der Waals surface area contributed by atoms with Crippen LogP contribution in [0.25, 0.3) is 0 Å². The Morgan fingerprint density at radius 1 is 0.958 bits per heavy atom. The monoisotopic (exact) mass is 327 g/mol. The number of aromatic nitrogens is 3. The third-order valence-corrected chi connectivity index (χ3v) is 3.98. The molecule has 130 valence electrons. The van der Waals surface area contributed by atoms with Gasteiger partial charge in [0.15, 0.2) is 0 Å². The molecule has 0 aliphatic rings. The second-order valence-corrected chi connectivity index (χ2v) is 6.18. The Kier molecular flexibility index (Phi) is 6.97. The Morgan fingerprint density at radius 3 is 2.25 bits per heavy atom. The largest absolute Gasteiger partial charge is 0.359 e. The number of aryl methyl sites for hydroxylation is 1. The molecular weight excluding hydrogens is 298 g/mol. The van der Waals surface area contributed by atoms with Crippen LogP contribution in [0.2, 0.25) is 0 Å². The molecule has 5 nitrogen and oxygen atoms in total. The second kappa shape index (κ2) is 9.21. The number of pyridine rings is 1. The molecule has 2 heterocycles. The fourth-order valence-electron chi connectivity index (χ4n) is 2.69. The standard InChI is InChI=1S/C19H29N5/c1-5-12-24(13-6-2)19-21-16(3)15-18(22-19)23(4)14-9-17-7-10-20-11-8-17/h7-8,10-11,15H,5-6,9,12-14H2,1-4H3. The highest BCUT2D eigenvalue weighted by molar-refractivity contribution is 5.45. The molecular formula is C19H29N5. The van der Waals surface area contributed by atoms with Crippen molar-refractivity contribution < 1.29 is 0 Å². The molecule has 0 saturated carbocycles. The van der Waals surface area contributed by atoms with Crippen molar-refractivity contribution in [3.05, 3.63) is 41.9 Å².